The van der Waals surface area contributed by atoms with Crippen LogP contribution < -0.4 is 10.6 Å². The molecule has 0 aliphatic carbocycles. The number of fused-ring (bicyclic) bond motifs is 1. The number of alkyl carbamates (subject to hydrolysis) is 1. The van der Waals surface area contributed by atoms with Crippen molar-refractivity contribution in [2.45, 2.75) is 45.4 Å². The summed E-state index contributed by atoms with van der Waals surface area (Å²) in [7, 11) is 0. The highest BCUT2D eigenvalue weighted by Crippen LogP contribution is 2.09. The van der Waals surface area contributed by atoms with Gasteiger partial charge in [-0.3, -0.25) is 9.20 Å². The number of benzene rings is 1. The van der Waals surface area contributed by atoms with Crippen LogP contribution in [-0.2, 0) is 22.5 Å². The van der Waals surface area contributed by atoms with Gasteiger partial charge in [-0.2, -0.15) is 0 Å². The van der Waals surface area contributed by atoms with E-state index in [9.17, 15) is 9.59 Å². The molecule has 0 bridgehead atoms. The smallest absolute Gasteiger partial charge is 0.408 e. The van der Waals surface area contributed by atoms with Gasteiger partial charge in [0.15, 0.2) is 11.5 Å². The molecule has 3 aromatic rings. The molecule has 1 atom stereocenters. The molecule has 0 saturated heterocycles. The third kappa shape index (κ3) is 5.78. The quantitative estimate of drug-likeness (QED) is 0.668. The lowest BCUT2D eigenvalue weighted by atomic mass is 10.1. The molecule has 8 heteroatoms. The van der Waals surface area contributed by atoms with Crippen LogP contribution in [-0.4, -0.2) is 38.2 Å². The number of nitrogens with zero attached hydrogens (tertiary/aromatic N) is 3. The van der Waals surface area contributed by atoms with Crippen LogP contribution in [0.4, 0.5) is 4.79 Å². The van der Waals surface area contributed by atoms with Gasteiger partial charge in [0.2, 0.25) is 5.91 Å². The van der Waals surface area contributed by atoms with E-state index >= 15 is 0 Å². The Morgan fingerprint density at radius 3 is 2.52 bits per heavy atom. The maximum absolute atomic E-state index is 12.8. The standard InChI is InChI=1S/C21H25N5O3/c1-21(2,3)29-20(28)23-16(13-15-9-5-4-6-10-15)19(27)22-14-18-25-24-17-11-7-8-12-26(17)18/h4-12,16H,13-14H2,1-3H3,(H,22,27)(H,23,28)/t16-/m1/s1. The topological polar surface area (TPSA) is 97.6 Å². The summed E-state index contributed by atoms with van der Waals surface area (Å²) in [5, 5.41) is 13.7. The van der Waals surface area contributed by atoms with Crippen molar-refractivity contribution < 1.29 is 14.3 Å². The van der Waals surface area contributed by atoms with Crippen molar-refractivity contribution in [3.8, 4) is 0 Å². The number of hydrogen-bond acceptors (Lipinski definition) is 5. The molecule has 0 spiro atoms. The van der Waals surface area contributed by atoms with Crippen molar-refractivity contribution in [3.05, 3.63) is 66.1 Å². The fourth-order valence-corrected chi connectivity index (χ4v) is 2.81. The molecule has 2 aromatic heterocycles. The Morgan fingerprint density at radius 1 is 1.07 bits per heavy atom. The van der Waals surface area contributed by atoms with Crippen LogP contribution in [0.25, 0.3) is 5.65 Å². The minimum atomic E-state index is -0.786. The third-order valence-electron chi connectivity index (χ3n) is 4.10. The second-order valence-corrected chi connectivity index (χ2v) is 7.65. The Morgan fingerprint density at radius 2 is 1.79 bits per heavy atom. The van der Waals surface area contributed by atoms with Crippen molar-refractivity contribution in [2.75, 3.05) is 0 Å². The average molecular weight is 395 g/mol. The Labute approximate surface area is 169 Å². The van der Waals surface area contributed by atoms with Gasteiger partial charge in [0.1, 0.15) is 11.6 Å². The number of rotatable bonds is 6. The predicted molar refractivity (Wildman–Crippen MR) is 108 cm³/mol. The molecule has 0 aliphatic rings. The zero-order valence-electron chi connectivity index (χ0n) is 16.8. The molecule has 8 nitrogen and oxygen atoms in total. The summed E-state index contributed by atoms with van der Waals surface area (Å²) >= 11 is 0. The first-order valence-corrected chi connectivity index (χ1v) is 9.41. The maximum atomic E-state index is 12.8. The lowest BCUT2D eigenvalue weighted by Gasteiger charge is -2.23. The Bertz CT molecular complexity index is 979. The number of aromatic nitrogens is 3. The minimum absolute atomic E-state index is 0.186. The summed E-state index contributed by atoms with van der Waals surface area (Å²) in [6.07, 6.45) is 1.53. The van der Waals surface area contributed by atoms with E-state index < -0.39 is 17.7 Å². The number of ether oxygens (including phenoxy) is 1. The molecule has 2 heterocycles. The van der Waals surface area contributed by atoms with Gasteiger partial charge in [-0.15, -0.1) is 10.2 Å². The molecule has 0 fully saturated rings. The lowest BCUT2D eigenvalue weighted by Crippen LogP contribution is -2.49. The largest absolute Gasteiger partial charge is 0.444 e. The first-order chi connectivity index (χ1) is 13.8. The highest BCUT2D eigenvalue weighted by atomic mass is 16.6. The van der Waals surface area contributed by atoms with Crippen molar-refractivity contribution in [3.63, 3.8) is 0 Å². The number of amides is 2. The van der Waals surface area contributed by atoms with Gasteiger partial charge in [-0.05, 0) is 38.5 Å². The molecule has 0 saturated carbocycles. The molecule has 152 valence electrons. The summed E-state index contributed by atoms with van der Waals surface area (Å²) in [5.41, 5.74) is 0.972. The molecule has 0 radical (unpaired) electrons. The summed E-state index contributed by atoms with van der Waals surface area (Å²) in [4.78, 5) is 25.1. The van der Waals surface area contributed by atoms with E-state index in [1.54, 1.807) is 25.2 Å². The van der Waals surface area contributed by atoms with Gasteiger partial charge in [0, 0.05) is 12.6 Å². The third-order valence-corrected chi connectivity index (χ3v) is 4.10. The second-order valence-electron chi connectivity index (χ2n) is 7.65. The van der Waals surface area contributed by atoms with Gasteiger partial charge >= 0.3 is 6.09 Å². The summed E-state index contributed by atoms with van der Waals surface area (Å²) in [6.45, 7) is 5.51. The summed E-state index contributed by atoms with van der Waals surface area (Å²) in [6, 6.07) is 14.3. The van der Waals surface area contributed by atoms with Crippen molar-refractivity contribution in [1.82, 2.24) is 25.2 Å². The molecule has 0 aliphatic heterocycles. The van der Waals surface area contributed by atoms with E-state index in [2.05, 4.69) is 20.8 Å². The van der Waals surface area contributed by atoms with E-state index in [1.165, 1.54) is 0 Å². The highest BCUT2D eigenvalue weighted by Gasteiger charge is 2.25. The van der Waals surface area contributed by atoms with Crippen molar-refractivity contribution >= 4 is 17.6 Å². The first kappa shape index (κ1) is 20.3. The van der Waals surface area contributed by atoms with Gasteiger partial charge in [0.05, 0.1) is 6.54 Å². The summed E-state index contributed by atoms with van der Waals surface area (Å²) in [5.74, 6) is 0.275. The zero-order valence-corrected chi connectivity index (χ0v) is 16.8. The normalized spacial score (nSPS) is 12.4. The van der Waals surface area contributed by atoms with Gasteiger partial charge in [-0.1, -0.05) is 36.4 Å². The fraction of sp³-hybridized carbons (Fsp3) is 0.333. The molecule has 2 N–H and O–H groups in total. The van der Waals surface area contributed by atoms with Gasteiger partial charge in [-0.25, -0.2) is 4.79 Å². The van der Waals surface area contributed by atoms with Crippen LogP contribution in [0.1, 0.15) is 32.2 Å². The van der Waals surface area contributed by atoms with E-state index in [-0.39, 0.29) is 12.5 Å². The monoisotopic (exact) mass is 395 g/mol. The van der Waals surface area contributed by atoms with E-state index in [4.69, 9.17) is 4.74 Å². The van der Waals surface area contributed by atoms with Crippen LogP contribution in [0.5, 0.6) is 0 Å². The molecule has 29 heavy (non-hydrogen) atoms. The zero-order chi connectivity index (χ0) is 20.9. The molecule has 2 amide bonds. The first-order valence-electron chi connectivity index (χ1n) is 9.41. The van der Waals surface area contributed by atoms with Gasteiger partial charge < -0.3 is 15.4 Å². The Hall–Kier alpha value is -3.42. The SMILES string of the molecule is CC(C)(C)OC(=O)N[C@H](Cc1ccccc1)C(=O)NCc1nnc2ccccn12. The molecule has 1 aromatic carbocycles. The van der Waals surface area contributed by atoms with E-state index in [1.807, 2.05) is 54.7 Å². The van der Waals surface area contributed by atoms with E-state index in [0.29, 0.717) is 17.9 Å². The lowest BCUT2D eigenvalue weighted by molar-refractivity contribution is -0.123. The Balaban J connectivity index is 1.69. The molecular formula is C21H25N5O3. The number of hydrogen-bond donors (Lipinski definition) is 2. The van der Waals surface area contributed by atoms with Crippen LogP contribution in [0, 0.1) is 0 Å². The summed E-state index contributed by atoms with van der Waals surface area (Å²) < 4.78 is 7.11. The Kier molecular flexibility index (Phi) is 6.11. The van der Waals surface area contributed by atoms with Gasteiger partial charge in [0.25, 0.3) is 0 Å². The minimum Gasteiger partial charge on any atom is -0.444 e. The van der Waals surface area contributed by atoms with E-state index in [0.717, 1.165) is 5.56 Å². The fourth-order valence-electron chi connectivity index (χ4n) is 2.81. The number of nitrogens with one attached hydrogen (secondary N) is 2. The van der Waals surface area contributed by atoms with Crippen molar-refractivity contribution in [2.24, 2.45) is 0 Å². The number of carbonyl (C=O) groups excluding carboxylic acids is 2. The van der Waals surface area contributed by atoms with Crippen LogP contribution in [0.2, 0.25) is 0 Å². The second kappa shape index (κ2) is 8.72. The van der Waals surface area contributed by atoms with Crippen LogP contribution in [0.15, 0.2) is 54.7 Å². The predicted octanol–water partition coefficient (Wildman–Crippen LogP) is 2.48. The van der Waals surface area contributed by atoms with Crippen molar-refractivity contribution in [1.29, 1.82) is 0 Å². The maximum Gasteiger partial charge on any atom is 0.408 e. The molecule has 0 unspecified atom stereocenters. The number of carbonyl (C=O) groups is 2. The molecule has 3 rings (SSSR count). The molecular weight excluding hydrogens is 370 g/mol. The van der Waals surface area contributed by atoms with Crippen LogP contribution in [0.3, 0.4) is 0 Å². The number of pyridine rings is 1. The highest BCUT2D eigenvalue weighted by molar-refractivity contribution is 5.86. The average Bonchev–Trinajstić information content (AvgIpc) is 3.08. The van der Waals surface area contributed by atoms with Crippen LogP contribution >= 0.6 is 0 Å².